The van der Waals surface area contributed by atoms with Crippen molar-refractivity contribution in [1.82, 2.24) is 10.2 Å². The Balaban J connectivity index is 2.25. The summed E-state index contributed by atoms with van der Waals surface area (Å²) < 4.78 is 50.7. The second-order valence-electron chi connectivity index (χ2n) is 7.95. The first-order valence-electron chi connectivity index (χ1n) is 9.42. The molecule has 0 unspecified atom stereocenters. The van der Waals surface area contributed by atoms with E-state index in [9.17, 15) is 16.8 Å². The Kier molecular flexibility index (Phi) is 6.77. The third kappa shape index (κ3) is 5.10. The third-order valence-corrected chi connectivity index (χ3v) is 9.63. The quantitative estimate of drug-likeness (QED) is 0.694. The normalized spacial score (nSPS) is 23.0. The molecule has 8 heteroatoms. The minimum Gasteiger partial charge on any atom is -0.310 e. The van der Waals surface area contributed by atoms with E-state index < -0.39 is 31.0 Å². The Labute approximate surface area is 164 Å². The average Bonchev–Trinajstić information content (AvgIpc) is 2.90. The first kappa shape index (κ1) is 22.3. The molecule has 0 spiro atoms. The van der Waals surface area contributed by atoms with E-state index in [2.05, 4.69) is 37.9 Å². The van der Waals surface area contributed by atoms with Crippen LogP contribution in [0, 0.1) is 6.92 Å². The van der Waals surface area contributed by atoms with Crippen LogP contribution < -0.4 is 5.32 Å². The highest BCUT2D eigenvalue weighted by atomic mass is 32.2. The summed E-state index contributed by atoms with van der Waals surface area (Å²) in [6.07, 6.45) is 0. The molecule has 0 aliphatic carbocycles. The highest BCUT2D eigenvalue weighted by Crippen LogP contribution is 2.27. The summed E-state index contributed by atoms with van der Waals surface area (Å²) in [7, 11) is -7.13. The fraction of sp³-hybridized carbons (Fsp3) is 0.684. The molecule has 1 N–H and O–H groups in total. The lowest BCUT2D eigenvalue weighted by Gasteiger charge is -2.38. The first-order chi connectivity index (χ1) is 12.4. The molecule has 0 amide bonds. The molecular formula is C19H32N2O4S2. The number of rotatable bonds is 8. The average molecular weight is 417 g/mol. The van der Waals surface area contributed by atoms with Crippen LogP contribution in [0.15, 0.2) is 29.2 Å². The van der Waals surface area contributed by atoms with Crippen molar-refractivity contribution in [2.24, 2.45) is 0 Å². The highest BCUT2D eigenvalue weighted by Gasteiger charge is 2.46. The van der Waals surface area contributed by atoms with Gasteiger partial charge in [0.05, 0.1) is 21.7 Å². The van der Waals surface area contributed by atoms with Crippen LogP contribution in [-0.2, 0) is 19.7 Å². The molecule has 1 aliphatic rings. The molecule has 1 fully saturated rings. The molecule has 2 atom stereocenters. The number of hydrogen-bond donors (Lipinski definition) is 1. The molecule has 154 valence electrons. The zero-order valence-corrected chi connectivity index (χ0v) is 18.5. The van der Waals surface area contributed by atoms with E-state index >= 15 is 0 Å². The maximum Gasteiger partial charge on any atom is 0.183 e. The van der Waals surface area contributed by atoms with Crippen molar-refractivity contribution in [3.05, 3.63) is 29.8 Å². The number of benzene rings is 1. The summed E-state index contributed by atoms with van der Waals surface area (Å²) in [5.74, 6) is -0.469. The van der Waals surface area contributed by atoms with Crippen LogP contribution in [0.25, 0.3) is 0 Å². The van der Waals surface area contributed by atoms with Crippen LogP contribution in [-0.4, -0.2) is 69.7 Å². The summed E-state index contributed by atoms with van der Waals surface area (Å²) in [4.78, 5) is 2.46. The number of nitrogens with zero attached hydrogens (tertiary/aromatic N) is 1. The maximum absolute atomic E-state index is 13.1. The zero-order chi connectivity index (χ0) is 20.5. The minimum absolute atomic E-state index is 0.142. The number of aryl methyl sites for hydroxylation is 1. The van der Waals surface area contributed by atoms with Gasteiger partial charge in [-0.15, -0.1) is 0 Å². The molecule has 0 bridgehead atoms. The van der Waals surface area contributed by atoms with Gasteiger partial charge in [-0.1, -0.05) is 31.5 Å². The number of hydrogen-bond acceptors (Lipinski definition) is 6. The molecule has 1 saturated heterocycles. The Bertz CT molecular complexity index is 842. The predicted molar refractivity (Wildman–Crippen MR) is 110 cm³/mol. The Morgan fingerprint density at radius 2 is 1.67 bits per heavy atom. The van der Waals surface area contributed by atoms with E-state index in [-0.39, 0.29) is 21.9 Å². The highest BCUT2D eigenvalue weighted by molar-refractivity contribution is 7.96. The summed E-state index contributed by atoms with van der Waals surface area (Å²) in [6.45, 7) is 12.5. The Morgan fingerprint density at radius 3 is 2.19 bits per heavy atom. The topological polar surface area (TPSA) is 83.6 Å². The van der Waals surface area contributed by atoms with Crippen molar-refractivity contribution in [2.75, 3.05) is 31.1 Å². The maximum atomic E-state index is 13.1. The van der Waals surface area contributed by atoms with Gasteiger partial charge in [-0.05, 0) is 46.0 Å². The summed E-state index contributed by atoms with van der Waals surface area (Å²) in [5, 5.41) is 2.30. The standard InChI is InChI=1S/C19H32N2O4S2/c1-6-21(7-2)19(4,5)14-20-17-12-26(22,23)13-18(17)27(24,25)16-10-8-15(3)9-11-16/h8-11,17-18,20H,6-7,12-14H2,1-5H3/t17-,18-/m0/s1. The van der Waals surface area contributed by atoms with E-state index in [0.717, 1.165) is 18.7 Å². The van der Waals surface area contributed by atoms with Crippen LogP contribution in [0.5, 0.6) is 0 Å². The van der Waals surface area contributed by atoms with Gasteiger partial charge in [0.15, 0.2) is 19.7 Å². The van der Waals surface area contributed by atoms with E-state index in [4.69, 9.17) is 0 Å². The SMILES string of the molecule is CCN(CC)C(C)(C)CN[C@H]1CS(=O)(=O)C[C@@H]1S(=O)(=O)c1ccc(C)cc1. The van der Waals surface area contributed by atoms with E-state index in [0.29, 0.717) is 6.54 Å². The smallest absolute Gasteiger partial charge is 0.183 e. The van der Waals surface area contributed by atoms with Gasteiger partial charge in [-0.2, -0.15) is 0 Å². The van der Waals surface area contributed by atoms with Crippen LogP contribution in [0.3, 0.4) is 0 Å². The van der Waals surface area contributed by atoms with Gasteiger partial charge in [0, 0.05) is 18.1 Å². The van der Waals surface area contributed by atoms with E-state index in [1.54, 1.807) is 24.3 Å². The summed E-state index contributed by atoms with van der Waals surface area (Å²) in [6, 6.07) is 6.00. The molecule has 1 aromatic carbocycles. The molecule has 1 heterocycles. The molecule has 1 aliphatic heterocycles. The molecule has 2 rings (SSSR count). The summed E-state index contributed by atoms with van der Waals surface area (Å²) in [5.41, 5.74) is 0.761. The second kappa shape index (κ2) is 8.19. The van der Waals surface area contributed by atoms with Crippen molar-refractivity contribution < 1.29 is 16.8 Å². The van der Waals surface area contributed by atoms with E-state index in [1.807, 2.05) is 6.92 Å². The molecule has 27 heavy (non-hydrogen) atoms. The minimum atomic E-state index is -3.73. The molecular weight excluding hydrogens is 384 g/mol. The van der Waals surface area contributed by atoms with Crippen LogP contribution in [0.1, 0.15) is 33.3 Å². The fourth-order valence-corrected chi connectivity index (χ4v) is 8.50. The van der Waals surface area contributed by atoms with Gasteiger partial charge in [0.2, 0.25) is 0 Å². The monoisotopic (exact) mass is 416 g/mol. The number of nitrogens with one attached hydrogen (secondary N) is 1. The summed E-state index contributed by atoms with van der Waals surface area (Å²) >= 11 is 0. The van der Waals surface area contributed by atoms with Crippen LogP contribution in [0.2, 0.25) is 0 Å². The van der Waals surface area contributed by atoms with E-state index in [1.165, 1.54) is 0 Å². The lowest BCUT2D eigenvalue weighted by Crippen LogP contribution is -2.54. The van der Waals surface area contributed by atoms with Gasteiger partial charge in [-0.25, -0.2) is 16.8 Å². The number of sulfone groups is 2. The largest absolute Gasteiger partial charge is 0.310 e. The molecule has 0 saturated carbocycles. The van der Waals surface area contributed by atoms with Crippen molar-refractivity contribution in [2.45, 2.75) is 56.3 Å². The fourth-order valence-electron chi connectivity index (χ4n) is 3.79. The molecule has 1 aromatic rings. The molecule has 0 aromatic heterocycles. The van der Waals surface area contributed by atoms with Gasteiger partial charge >= 0.3 is 0 Å². The number of likely N-dealkylation sites (N-methyl/N-ethyl adjacent to an activating group) is 1. The van der Waals surface area contributed by atoms with Gasteiger partial charge in [0.1, 0.15) is 0 Å². The lowest BCUT2D eigenvalue weighted by molar-refractivity contribution is 0.130. The zero-order valence-electron chi connectivity index (χ0n) is 16.9. The van der Waals surface area contributed by atoms with Crippen LogP contribution in [0.4, 0.5) is 0 Å². The predicted octanol–water partition coefficient (Wildman–Crippen LogP) is 1.64. The lowest BCUT2D eigenvalue weighted by atomic mass is 10.0. The Morgan fingerprint density at radius 1 is 1.11 bits per heavy atom. The van der Waals surface area contributed by atoms with Crippen molar-refractivity contribution in [1.29, 1.82) is 0 Å². The molecule has 0 radical (unpaired) electrons. The van der Waals surface area contributed by atoms with Crippen molar-refractivity contribution in [3.8, 4) is 0 Å². The molecule has 6 nitrogen and oxygen atoms in total. The van der Waals surface area contributed by atoms with Gasteiger partial charge < -0.3 is 5.32 Å². The van der Waals surface area contributed by atoms with Crippen molar-refractivity contribution in [3.63, 3.8) is 0 Å². The van der Waals surface area contributed by atoms with Gasteiger partial charge in [0.25, 0.3) is 0 Å². The first-order valence-corrected chi connectivity index (χ1v) is 12.8. The third-order valence-electron chi connectivity index (χ3n) is 5.46. The Hall–Kier alpha value is -0.960. The van der Waals surface area contributed by atoms with Gasteiger partial charge in [-0.3, -0.25) is 4.90 Å². The van der Waals surface area contributed by atoms with Crippen LogP contribution >= 0.6 is 0 Å². The second-order valence-corrected chi connectivity index (χ2v) is 12.3. The van der Waals surface area contributed by atoms with Crippen molar-refractivity contribution >= 4 is 19.7 Å².